The average Bonchev–Trinajstić information content (AvgIpc) is 2.43. The third-order valence-electron chi connectivity index (χ3n) is 3.35. The standard InChI is InChI=1S/C15H18N2O2/c1-10(16)13(7-15(18)19-2)14-9-17-8-11-5-3-4-6-12(11)14/h3-6,8-10,13H,7,16H2,1-2H3. The van der Waals surface area contributed by atoms with Crippen LogP contribution in [-0.4, -0.2) is 24.1 Å². The number of benzene rings is 1. The highest BCUT2D eigenvalue weighted by molar-refractivity contribution is 5.85. The SMILES string of the molecule is COC(=O)CC(c1cncc2ccccc12)C(C)N. The minimum atomic E-state index is -0.254. The van der Waals surface area contributed by atoms with E-state index in [1.54, 1.807) is 6.20 Å². The smallest absolute Gasteiger partial charge is 0.306 e. The molecule has 0 aliphatic carbocycles. The van der Waals surface area contributed by atoms with Crippen LogP contribution >= 0.6 is 0 Å². The van der Waals surface area contributed by atoms with E-state index in [1.165, 1.54) is 7.11 Å². The second-order valence-electron chi connectivity index (χ2n) is 4.70. The first-order chi connectivity index (χ1) is 9.13. The number of aromatic nitrogens is 1. The molecule has 0 radical (unpaired) electrons. The van der Waals surface area contributed by atoms with Crippen LogP contribution in [0.15, 0.2) is 36.7 Å². The van der Waals surface area contributed by atoms with Crippen LogP contribution in [0.2, 0.25) is 0 Å². The van der Waals surface area contributed by atoms with Crippen LogP contribution in [0.25, 0.3) is 10.8 Å². The molecule has 0 fully saturated rings. The predicted molar refractivity (Wildman–Crippen MR) is 74.8 cm³/mol. The van der Waals surface area contributed by atoms with E-state index >= 15 is 0 Å². The molecule has 0 amide bonds. The van der Waals surface area contributed by atoms with Gasteiger partial charge in [-0.2, -0.15) is 0 Å². The molecule has 0 bridgehead atoms. The Labute approximate surface area is 112 Å². The van der Waals surface area contributed by atoms with Gasteiger partial charge < -0.3 is 10.5 Å². The maximum absolute atomic E-state index is 11.5. The number of hydrogen-bond acceptors (Lipinski definition) is 4. The van der Waals surface area contributed by atoms with Gasteiger partial charge in [-0.15, -0.1) is 0 Å². The lowest BCUT2D eigenvalue weighted by Gasteiger charge is -2.21. The molecule has 2 aromatic rings. The van der Waals surface area contributed by atoms with Crippen LogP contribution in [-0.2, 0) is 9.53 Å². The fourth-order valence-electron chi connectivity index (χ4n) is 2.28. The molecule has 2 rings (SSSR count). The topological polar surface area (TPSA) is 65.2 Å². The van der Waals surface area contributed by atoms with Crippen molar-refractivity contribution in [2.75, 3.05) is 7.11 Å². The van der Waals surface area contributed by atoms with Gasteiger partial charge in [0, 0.05) is 29.7 Å². The summed E-state index contributed by atoms with van der Waals surface area (Å²) in [6, 6.07) is 7.82. The first kappa shape index (κ1) is 13.5. The minimum Gasteiger partial charge on any atom is -0.469 e. The lowest BCUT2D eigenvalue weighted by atomic mass is 9.88. The molecule has 1 heterocycles. The van der Waals surface area contributed by atoms with Gasteiger partial charge in [-0.05, 0) is 17.9 Å². The molecule has 0 saturated carbocycles. The van der Waals surface area contributed by atoms with Crippen molar-refractivity contribution in [3.05, 3.63) is 42.2 Å². The number of nitrogens with zero attached hydrogens (tertiary/aromatic N) is 1. The van der Waals surface area contributed by atoms with Crippen molar-refractivity contribution in [2.24, 2.45) is 5.73 Å². The molecule has 2 atom stereocenters. The highest BCUT2D eigenvalue weighted by Crippen LogP contribution is 2.29. The van der Waals surface area contributed by atoms with Gasteiger partial charge in [-0.3, -0.25) is 9.78 Å². The number of carbonyl (C=O) groups excluding carboxylic acids is 1. The van der Waals surface area contributed by atoms with Crippen LogP contribution in [0.5, 0.6) is 0 Å². The van der Waals surface area contributed by atoms with Crippen molar-refractivity contribution in [3.8, 4) is 0 Å². The predicted octanol–water partition coefficient (Wildman–Crippen LogP) is 2.23. The van der Waals surface area contributed by atoms with E-state index < -0.39 is 0 Å². The number of pyridine rings is 1. The van der Waals surface area contributed by atoms with E-state index in [1.807, 2.05) is 37.4 Å². The Morgan fingerprint density at radius 1 is 1.37 bits per heavy atom. The van der Waals surface area contributed by atoms with Crippen LogP contribution in [0.1, 0.15) is 24.8 Å². The second-order valence-corrected chi connectivity index (χ2v) is 4.70. The Balaban J connectivity index is 2.47. The summed E-state index contributed by atoms with van der Waals surface area (Å²) in [6.45, 7) is 1.90. The normalized spacial score (nSPS) is 14.1. The van der Waals surface area contributed by atoms with Crippen LogP contribution < -0.4 is 5.73 Å². The van der Waals surface area contributed by atoms with Gasteiger partial charge in [0.15, 0.2) is 0 Å². The first-order valence-electron chi connectivity index (χ1n) is 6.28. The zero-order valence-electron chi connectivity index (χ0n) is 11.2. The monoisotopic (exact) mass is 258 g/mol. The van der Waals surface area contributed by atoms with Gasteiger partial charge in [0.25, 0.3) is 0 Å². The summed E-state index contributed by atoms with van der Waals surface area (Å²) in [4.78, 5) is 15.8. The number of esters is 1. The Morgan fingerprint density at radius 2 is 2.11 bits per heavy atom. The maximum Gasteiger partial charge on any atom is 0.306 e. The van der Waals surface area contributed by atoms with Crippen molar-refractivity contribution in [1.82, 2.24) is 4.98 Å². The quantitative estimate of drug-likeness (QED) is 0.854. The molecule has 19 heavy (non-hydrogen) atoms. The molecular formula is C15H18N2O2. The van der Waals surface area contributed by atoms with Crippen molar-refractivity contribution in [1.29, 1.82) is 0 Å². The van der Waals surface area contributed by atoms with Gasteiger partial charge in [0.05, 0.1) is 13.5 Å². The lowest BCUT2D eigenvalue weighted by Crippen LogP contribution is -2.27. The molecule has 100 valence electrons. The Kier molecular flexibility index (Phi) is 4.12. The molecule has 0 saturated heterocycles. The van der Waals surface area contributed by atoms with Gasteiger partial charge in [0.2, 0.25) is 0 Å². The molecule has 0 aliphatic heterocycles. The summed E-state index contributed by atoms with van der Waals surface area (Å²) in [6.07, 6.45) is 3.87. The average molecular weight is 258 g/mol. The van der Waals surface area contributed by atoms with Crippen molar-refractivity contribution >= 4 is 16.7 Å². The van der Waals surface area contributed by atoms with Crippen LogP contribution in [0.3, 0.4) is 0 Å². The first-order valence-corrected chi connectivity index (χ1v) is 6.28. The number of hydrogen-bond donors (Lipinski definition) is 1. The van der Waals surface area contributed by atoms with Gasteiger partial charge >= 0.3 is 5.97 Å². The Bertz CT molecular complexity index is 576. The molecule has 1 aromatic carbocycles. The van der Waals surface area contributed by atoms with E-state index in [0.717, 1.165) is 16.3 Å². The molecule has 0 aliphatic rings. The number of rotatable bonds is 4. The number of fused-ring (bicyclic) bond motifs is 1. The largest absolute Gasteiger partial charge is 0.469 e. The highest BCUT2D eigenvalue weighted by atomic mass is 16.5. The van der Waals surface area contributed by atoms with E-state index in [0.29, 0.717) is 0 Å². The van der Waals surface area contributed by atoms with E-state index in [-0.39, 0.29) is 24.3 Å². The number of ether oxygens (including phenoxy) is 1. The molecule has 2 N–H and O–H groups in total. The molecular weight excluding hydrogens is 240 g/mol. The van der Waals surface area contributed by atoms with E-state index in [2.05, 4.69) is 4.98 Å². The fraction of sp³-hybridized carbons (Fsp3) is 0.333. The van der Waals surface area contributed by atoms with E-state index in [9.17, 15) is 4.79 Å². The minimum absolute atomic E-state index is 0.0916. The number of methoxy groups -OCH3 is 1. The lowest BCUT2D eigenvalue weighted by molar-refractivity contribution is -0.141. The third-order valence-corrected chi connectivity index (χ3v) is 3.35. The van der Waals surface area contributed by atoms with Gasteiger partial charge in [-0.25, -0.2) is 0 Å². The third kappa shape index (κ3) is 2.90. The van der Waals surface area contributed by atoms with Crippen molar-refractivity contribution in [3.63, 3.8) is 0 Å². The van der Waals surface area contributed by atoms with E-state index in [4.69, 9.17) is 10.5 Å². The van der Waals surface area contributed by atoms with Gasteiger partial charge in [0.1, 0.15) is 0 Å². The second kappa shape index (κ2) is 5.80. The summed E-state index contributed by atoms with van der Waals surface area (Å²) in [7, 11) is 1.39. The van der Waals surface area contributed by atoms with Gasteiger partial charge in [-0.1, -0.05) is 24.3 Å². The summed E-state index contributed by atoms with van der Waals surface area (Å²) in [5.41, 5.74) is 7.03. The van der Waals surface area contributed by atoms with Crippen LogP contribution in [0.4, 0.5) is 0 Å². The Hall–Kier alpha value is -1.94. The summed E-state index contributed by atoms with van der Waals surface area (Å²) >= 11 is 0. The van der Waals surface area contributed by atoms with Crippen molar-refractivity contribution < 1.29 is 9.53 Å². The Morgan fingerprint density at radius 3 is 2.79 bits per heavy atom. The summed E-state index contributed by atoms with van der Waals surface area (Å²) < 4.78 is 4.75. The molecule has 2 unspecified atom stereocenters. The summed E-state index contributed by atoms with van der Waals surface area (Å²) in [5, 5.41) is 2.14. The summed E-state index contributed by atoms with van der Waals surface area (Å²) in [5.74, 6) is -0.346. The van der Waals surface area contributed by atoms with Crippen LogP contribution in [0, 0.1) is 0 Å². The fourth-order valence-corrected chi connectivity index (χ4v) is 2.28. The molecule has 4 nitrogen and oxygen atoms in total. The molecule has 0 spiro atoms. The molecule has 1 aromatic heterocycles. The molecule has 4 heteroatoms. The number of nitrogens with two attached hydrogens (primary N) is 1. The maximum atomic E-state index is 11.5. The highest BCUT2D eigenvalue weighted by Gasteiger charge is 2.22. The zero-order valence-corrected chi connectivity index (χ0v) is 11.2. The van der Waals surface area contributed by atoms with Crippen molar-refractivity contribution in [2.45, 2.75) is 25.3 Å². The zero-order chi connectivity index (χ0) is 13.8. The number of carbonyl (C=O) groups is 1.